The van der Waals surface area contributed by atoms with Crippen molar-refractivity contribution in [3.05, 3.63) is 41.0 Å². The smallest absolute Gasteiger partial charge is 0.243 e. The van der Waals surface area contributed by atoms with Gasteiger partial charge in [0.1, 0.15) is 5.82 Å². The van der Waals surface area contributed by atoms with E-state index in [1.807, 2.05) is 6.07 Å². The van der Waals surface area contributed by atoms with E-state index in [-0.39, 0.29) is 0 Å². The number of benzene rings is 1. The van der Waals surface area contributed by atoms with Crippen molar-refractivity contribution < 1.29 is 13.2 Å². The molecule has 0 amide bonds. The van der Waals surface area contributed by atoms with Crippen molar-refractivity contribution in [1.82, 2.24) is 14.3 Å². The van der Waals surface area contributed by atoms with E-state index in [1.165, 1.54) is 4.31 Å². The van der Waals surface area contributed by atoms with Crippen molar-refractivity contribution in [3.63, 3.8) is 0 Å². The number of sulfonamides is 1. The molecule has 0 bridgehead atoms. The number of hydrogen-bond acceptors (Lipinski definition) is 7. The van der Waals surface area contributed by atoms with Crippen molar-refractivity contribution >= 4 is 37.7 Å². The summed E-state index contributed by atoms with van der Waals surface area (Å²) in [6.07, 6.45) is 1.76. The van der Waals surface area contributed by atoms with Crippen LogP contribution in [0.2, 0.25) is 0 Å². The summed E-state index contributed by atoms with van der Waals surface area (Å²) in [6, 6.07) is 8.63. The second-order valence-electron chi connectivity index (χ2n) is 6.66. The molecule has 8 nitrogen and oxygen atoms in total. The summed E-state index contributed by atoms with van der Waals surface area (Å²) in [6.45, 7) is 4.96. The minimum atomic E-state index is -3.48. The van der Waals surface area contributed by atoms with E-state index in [1.54, 1.807) is 30.5 Å². The summed E-state index contributed by atoms with van der Waals surface area (Å²) < 4.78 is 33.5. The van der Waals surface area contributed by atoms with E-state index in [2.05, 4.69) is 35.7 Å². The number of morpholine rings is 1. The Hall–Kier alpha value is -1.75. The number of aromatic nitrogens is 2. The second kappa shape index (κ2) is 8.32. The molecule has 2 saturated heterocycles. The van der Waals surface area contributed by atoms with Crippen molar-refractivity contribution in [3.8, 4) is 0 Å². The average Bonchev–Trinajstić information content (AvgIpc) is 2.75. The third-order valence-electron chi connectivity index (χ3n) is 4.94. The maximum absolute atomic E-state index is 12.9. The molecule has 2 aliphatic rings. The molecule has 4 rings (SSSR count). The third kappa shape index (κ3) is 4.14. The van der Waals surface area contributed by atoms with Gasteiger partial charge in [0.15, 0.2) is 0 Å². The van der Waals surface area contributed by atoms with E-state index in [9.17, 15) is 8.42 Å². The molecular weight excluding hydrogens is 446 g/mol. The lowest BCUT2D eigenvalue weighted by Crippen LogP contribution is -2.49. The lowest BCUT2D eigenvalue weighted by Gasteiger charge is -2.35. The predicted octanol–water partition coefficient (Wildman–Crippen LogP) is 1.59. The van der Waals surface area contributed by atoms with E-state index >= 15 is 0 Å². The number of piperazine rings is 1. The van der Waals surface area contributed by atoms with Crippen molar-refractivity contribution in [2.45, 2.75) is 4.90 Å². The first-order chi connectivity index (χ1) is 13.5. The van der Waals surface area contributed by atoms with Crippen LogP contribution in [0.1, 0.15) is 0 Å². The van der Waals surface area contributed by atoms with Crippen LogP contribution in [0.4, 0.5) is 11.8 Å². The molecule has 0 unspecified atom stereocenters. The molecule has 1 aromatic heterocycles. The fourth-order valence-electron chi connectivity index (χ4n) is 3.34. The molecule has 0 atom stereocenters. The summed E-state index contributed by atoms with van der Waals surface area (Å²) in [4.78, 5) is 13.6. The van der Waals surface area contributed by atoms with Crippen molar-refractivity contribution in [2.24, 2.45) is 0 Å². The van der Waals surface area contributed by atoms with Gasteiger partial charge in [0.05, 0.1) is 18.1 Å². The van der Waals surface area contributed by atoms with E-state index in [0.29, 0.717) is 50.2 Å². The molecule has 10 heteroatoms. The normalized spacial score (nSPS) is 19.0. The maximum atomic E-state index is 12.9. The zero-order valence-corrected chi connectivity index (χ0v) is 17.8. The van der Waals surface area contributed by atoms with Gasteiger partial charge >= 0.3 is 0 Å². The number of hydrogen-bond donors (Lipinski definition) is 0. The maximum Gasteiger partial charge on any atom is 0.243 e. The van der Waals surface area contributed by atoms with E-state index in [4.69, 9.17) is 4.74 Å². The minimum Gasteiger partial charge on any atom is -0.378 e. The van der Waals surface area contributed by atoms with Gasteiger partial charge in [-0.1, -0.05) is 15.9 Å². The Balaban J connectivity index is 1.43. The lowest BCUT2D eigenvalue weighted by atomic mass is 10.3. The van der Waals surface area contributed by atoms with Gasteiger partial charge in [-0.3, -0.25) is 0 Å². The Labute approximate surface area is 173 Å². The van der Waals surface area contributed by atoms with E-state index < -0.39 is 10.0 Å². The molecule has 150 valence electrons. The molecule has 0 N–H and O–H groups in total. The van der Waals surface area contributed by atoms with Crippen LogP contribution in [0.3, 0.4) is 0 Å². The number of ether oxygens (including phenoxy) is 1. The molecule has 3 heterocycles. The SMILES string of the molecule is O=S(=O)(c1ccc(Br)cc1)N1CCN(c2ccnc(N3CCOCC3)n2)CC1. The van der Waals surface area contributed by atoms with Gasteiger partial charge < -0.3 is 14.5 Å². The fraction of sp³-hybridized carbons (Fsp3) is 0.444. The van der Waals surface area contributed by atoms with Crippen LogP contribution >= 0.6 is 15.9 Å². The summed E-state index contributed by atoms with van der Waals surface area (Å²) in [5, 5.41) is 0. The molecule has 0 aliphatic carbocycles. The molecule has 0 radical (unpaired) electrons. The van der Waals surface area contributed by atoms with Crippen LogP contribution in [-0.4, -0.2) is 75.2 Å². The standard InChI is InChI=1S/C18H22BrN5O3S/c19-15-1-3-16(4-2-15)28(25,26)24-9-7-22(8-10-24)17-5-6-20-18(21-17)23-11-13-27-14-12-23/h1-6H,7-14H2. The number of anilines is 2. The Bertz CT molecular complexity index is 911. The Kier molecular flexibility index (Phi) is 5.81. The average molecular weight is 468 g/mol. The van der Waals surface area contributed by atoms with Crippen LogP contribution in [0.15, 0.2) is 45.9 Å². The molecule has 2 aliphatic heterocycles. The Morgan fingerprint density at radius 3 is 2.25 bits per heavy atom. The van der Waals surface area contributed by atoms with Crippen molar-refractivity contribution in [2.75, 3.05) is 62.3 Å². The Morgan fingerprint density at radius 1 is 0.893 bits per heavy atom. The van der Waals surface area contributed by atoms with Crippen LogP contribution in [0, 0.1) is 0 Å². The van der Waals surface area contributed by atoms with E-state index in [0.717, 1.165) is 23.4 Å². The highest BCUT2D eigenvalue weighted by Gasteiger charge is 2.29. The predicted molar refractivity (Wildman–Crippen MR) is 110 cm³/mol. The molecule has 28 heavy (non-hydrogen) atoms. The highest BCUT2D eigenvalue weighted by atomic mass is 79.9. The van der Waals surface area contributed by atoms with Gasteiger partial charge in [-0.2, -0.15) is 9.29 Å². The lowest BCUT2D eigenvalue weighted by molar-refractivity contribution is 0.122. The first-order valence-electron chi connectivity index (χ1n) is 9.20. The first-order valence-corrected chi connectivity index (χ1v) is 11.4. The van der Waals surface area contributed by atoms with Gasteiger partial charge in [0, 0.05) is 49.9 Å². The highest BCUT2D eigenvalue weighted by Crippen LogP contribution is 2.22. The third-order valence-corrected chi connectivity index (χ3v) is 7.38. The quantitative estimate of drug-likeness (QED) is 0.675. The van der Waals surface area contributed by atoms with Crippen molar-refractivity contribution in [1.29, 1.82) is 0 Å². The van der Waals surface area contributed by atoms with Gasteiger partial charge in [0.25, 0.3) is 0 Å². The fourth-order valence-corrected chi connectivity index (χ4v) is 5.03. The van der Waals surface area contributed by atoms with Crippen LogP contribution in [-0.2, 0) is 14.8 Å². The molecule has 0 spiro atoms. The molecule has 0 saturated carbocycles. The molecule has 2 fully saturated rings. The number of nitrogens with zero attached hydrogens (tertiary/aromatic N) is 5. The summed E-state index contributed by atoms with van der Waals surface area (Å²) >= 11 is 3.34. The van der Waals surface area contributed by atoms with Gasteiger partial charge in [-0.05, 0) is 30.3 Å². The molecule has 2 aromatic rings. The highest BCUT2D eigenvalue weighted by molar-refractivity contribution is 9.10. The number of rotatable bonds is 4. The summed E-state index contributed by atoms with van der Waals surface area (Å²) in [7, 11) is -3.48. The zero-order valence-electron chi connectivity index (χ0n) is 15.4. The van der Waals surface area contributed by atoms with Crippen LogP contribution < -0.4 is 9.80 Å². The zero-order chi connectivity index (χ0) is 19.6. The minimum absolute atomic E-state index is 0.320. The van der Waals surface area contributed by atoms with Crippen LogP contribution in [0.5, 0.6) is 0 Å². The largest absolute Gasteiger partial charge is 0.378 e. The summed E-state index contributed by atoms with van der Waals surface area (Å²) in [5.41, 5.74) is 0. The monoisotopic (exact) mass is 467 g/mol. The molecule has 1 aromatic carbocycles. The topological polar surface area (TPSA) is 78.9 Å². The first kappa shape index (κ1) is 19.6. The second-order valence-corrected chi connectivity index (χ2v) is 9.51. The van der Waals surface area contributed by atoms with Gasteiger partial charge in [-0.15, -0.1) is 0 Å². The Morgan fingerprint density at radius 2 is 1.57 bits per heavy atom. The van der Waals surface area contributed by atoms with Gasteiger partial charge in [-0.25, -0.2) is 13.4 Å². The summed E-state index contributed by atoms with van der Waals surface area (Å²) in [5.74, 6) is 1.53. The van der Waals surface area contributed by atoms with Crippen LogP contribution in [0.25, 0.3) is 0 Å². The van der Waals surface area contributed by atoms with Gasteiger partial charge in [0.2, 0.25) is 16.0 Å². The molecular formula is C18H22BrN5O3S. The number of halogens is 1.